The van der Waals surface area contributed by atoms with Crippen molar-refractivity contribution >= 4 is 27.5 Å². The molecule has 0 saturated carbocycles. The van der Waals surface area contributed by atoms with Gasteiger partial charge in [-0.25, -0.2) is 12.7 Å². The maximum Gasteiger partial charge on any atom is 0.251 e. The molecule has 1 fully saturated rings. The third-order valence-electron chi connectivity index (χ3n) is 4.92. The van der Waals surface area contributed by atoms with Crippen LogP contribution in [0.15, 0.2) is 24.3 Å². The third-order valence-corrected chi connectivity index (χ3v) is 6.94. The van der Waals surface area contributed by atoms with Crippen LogP contribution in [0.25, 0.3) is 0 Å². The summed E-state index contributed by atoms with van der Waals surface area (Å²) in [5.74, 6) is -1.01. The minimum atomic E-state index is -3.74. The number of sulfonamides is 1. The van der Waals surface area contributed by atoms with Crippen LogP contribution in [0.5, 0.6) is 0 Å². The first-order valence-corrected chi connectivity index (χ1v) is 10.8. The fraction of sp³-hybridized carbons (Fsp3) is 0.579. The van der Waals surface area contributed by atoms with Crippen molar-refractivity contribution in [2.45, 2.75) is 40.7 Å². The summed E-state index contributed by atoms with van der Waals surface area (Å²) < 4.78 is 25.7. The van der Waals surface area contributed by atoms with Gasteiger partial charge in [-0.05, 0) is 52.1 Å². The Hall–Kier alpha value is -1.93. The summed E-state index contributed by atoms with van der Waals surface area (Å²) in [5.41, 5.74) is -0.446. The number of hydrogen-bond acceptors (Lipinski definition) is 5. The number of likely N-dealkylation sites (N-methyl/N-ethyl adjacent to an activating group) is 1. The van der Waals surface area contributed by atoms with Crippen LogP contribution in [-0.2, 0) is 14.8 Å². The summed E-state index contributed by atoms with van der Waals surface area (Å²) in [5, 5.41) is 2.88. The molecule has 27 heavy (non-hydrogen) atoms. The summed E-state index contributed by atoms with van der Waals surface area (Å²) in [6, 6.07) is 6.37. The molecule has 8 heteroatoms. The normalized spacial score (nSPS) is 19.3. The fourth-order valence-electron chi connectivity index (χ4n) is 3.35. The average molecular weight is 396 g/mol. The van der Waals surface area contributed by atoms with Crippen molar-refractivity contribution < 1.29 is 18.0 Å². The molecule has 2 amide bonds. The monoisotopic (exact) mass is 395 g/mol. The third kappa shape index (κ3) is 4.50. The highest BCUT2D eigenvalue weighted by Crippen LogP contribution is 2.35. The van der Waals surface area contributed by atoms with E-state index in [2.05, 4.69) is 24.1 Å². The van der Waals surface area contributed by atoms with Crippen molar-refractivity contribution in [2.24, 2.45) is 5.41 Å². The van der Waals surface area contributed by atoms with E-state index in [-0.39, 0.29) is 23.4 Å². The summed E-state index contributed by atoms with van der Waals surface area (Å²) in [4.78, 5) is 27.3. The summed E-state index contributed by atoms with van der Waals surface area (Å²) in [7, 11) is -3.74. The van der Waals surface area contributed by atoms with Gasteiger partial charge in [0.15, 0.2) is 0 Å². The van der Waals surface area contributed by atoms with Gasteiger partial charge in [0.1, 0.15) is 0 Å². The Morgan fingerprint density at radius 3 is 2.44 bits per heavy atom. The van der Waals surface area contributed by atoms with Gasteiger partial charge < -0.3 is 5.32 Å². The highest BCUT2D eigenvalue weighted by Gasteiger charge is 2.49. The van der Waals surface area contributed by atoms with Crippen molar-refractivity contribution in [1.29, 1.82) is 0 Å². The molecule has 1 atom stereocenters. The predicted octanol–water partition coefficient (Wildman–Crippen LogP) is 1.85. The zero-order chi connectivity index (χ0) is 20.4. The molecule has 0 radical (unpaired) electrons. The van der Waals surface area contributed by atoms with Crippen LogP contribution in [-0.4, -0.2) is 56.6 Å². The van der Waals surface area contributed by atoms with Crippen LogP contribution in [0.3, 0.4) is 0 Å². The zero-order valence-electron chi connectivity index (χ0n) is 16.7. The molecule has 1 aromatic carbocycles. The van der Waals surface area contributed by atoms with E-state index < -0.39 is 21.3 Å². The number of amides is 2. The second-order valence-electron chi connectivity index (χ2n) is 7.54. The fourth-order valence-corrected chi connectivity index (χ4v) is 5.45. The lowest BCUT2D eigenvalue weighted by Gasteiger charge is -2.26. The molecule has 2 rings (SSSR count). The SMILES string of the molecule is CCN(CC)C(C)CNC(=O)c1cccc(N2C(=O)C(C)(C)CS2(=O)=O)c1. The van der Waals surface area contributed by atoms with Crippen LogP contribution < -0.4 is 9.62 Å². The van der Waals surface area contributed by atoms with Gasteiger partial charge in [-0.1, -0.05) is 19.9 Å². The van der Waals surface area contributed by atoms with Gasteiger partial charge in [0.2, 0.25) is 15.9 Å². The van der Waals surface area contributed by atoms with Crippen LogP contribution in [0.4, 0.5) is 5.69 Å². The lowest BCUT2D eigenvalue weighted by molar-refractivity contribution is -0.123. The maximum atomic E-state index is 12.5. The number of benzene rings is 1. The van der Waals surface area contributed by atoms with Gasteiger partial charge in [-0.15, -0.1) is 0 Å². The molecule has 1 N–H and O–H groups in total. The maximum absolute atomic E-state index is 12.5. The van der Waals surface area contributed by atoms with Crippen molar-refractivity contribution in [1.82, 2.24) is 10.2 Å². The molecule has 0 spiro atoms. The first-order chi connectivity index (χ1) is 12.5. The van der Waals surface area contributed by atoms with Gasteiger partial charge in [0.05, 0.1) is 16.9 Å². The molecule has 1 saturated heterocycles. The number of carbonyl (C=O) groups excluding carboxylic acids is 2. The van der Waals surface area contributed by atoms with E-state index in [1.54, 1.807) is 26.0 Å². The Labute approximate surface area is 161 Å². The predicted molar refractivity (Wildman–Crippen MR) is 106 cm³/mol. The Bertz CT molecular complexity index is 816. The van der Waals surface area contributed by atoms with E-state index in [4.69, 9.17) is 0 Å². The summed E-state index contributed by atoms with van der Waals surface area (Å²) >= 11 is 0. The molecular formula is C19H29N3O4S. The Kier molecular flexibility index (Phi) is 6.32. The lowest BCUT2D eigenvalue weighted by atomic mass is 9.95. The number of nitrogens with zero attached hydrogens (tertiary/aromatic N) is 2. The first-order valence-electron chi connectivity index (χ1n) is 9.23. The van der Waals surface area contributed by atoms with E-state index in [1.165, 1.54) is 12.1 Å². The molecule has 1 unspecified atom stereocenters. The summed E-state index contributed by atoms with van der Waals surface area (Å²) in [6.45, 7) is 11.7. The molecule has 7 nitrogen and oxygen atoms in total. The average Bonchev–Trinajstić information content (AvgIpc) is 2.76. The molecule has 0 aliphatic carbocycles. The van der Waals surface area contributed by atoms with Crippen molar-refractivity contribution in [3.8, 4) is 0 Å². The first kappa shape index (κ1) is 21.4. The number of carbonyl (C=O) groups is 2. The minimum Gasteiger partial charge on any atom is -0.350 e. The number of hydrogen-bond donors (Lipinski definition) is 1. The molecule has 1 aliphatic rings. The van der Waals surface area contributed by atoms with Crippen LogP contribution in [0, 0.1) is 5.41 Å². The summed E-state index contributed by atoms with van der Waals surface area (Å²) in [6.07, 6.45) is 0. The van der Waals surface area contributed by atoms with Gasteiger partial charge in [-0.2, -0.15) is 0 Å². The molecule has 150 valence electrons. The van der Waals surface area contributed by atoms with E-state index in [0.29, 0.717) is 12.1 Å². The largest absolute Gasteiger partial charge is 0.350 e. The topological polar surface area (TPSA) is 86.8 Å². The standard InChI is InChI=1S/C19H29N3O4S/c1-6-21(7-2)14(3)12-20-17(23)15-9-8-10-16(11-15)22-18(24)19(4,5)13-27(22,25)26/h8-11,14H,6-7,12-13H2,1-5H3,(H,20,23). The number of nitrogens with one attached hydrogen (secondary N) is 1. The lowest BCUT2D eigenvalue weighted by Crippen LogP contribution is -2.42. The molecule has 1 aromatic rings. The van der Waals surface area contributed by atoms with Gasteiger partial charge in [0.25, 0.3) is 5.91 Å². The van der Waals surface area contributed by atoms with Crippen molar-refractivity contribution in [3.63, 3.8) is 0 Å². The Morgan fingerprint density at radius 2 is 1.93 bits per heavy atom. The van der Waals surface area contributed by atoms with Crippen molar-refractivity contribution in [3.05, 3.63) is 29.8 Å². The molecule has 1 aliphatic heterocycles. The highest BCUT2D eigenvalue weighted by molar-refractivity contribution is 7.94. The van der Waals surface area contributed by atoms with Gasteiger partial charge >= 0.3 is 0 Å². The molecule has 1 heterocycles. The van der Waals surface area contributed by atoms with E-state index >= 15 is 0 Å². The Morgan fingerprint density at radius 1 is 1.30 bits per heavy atom. The van der Waals surface area contributed by atoms with E-state index in [1.807, 2.05) is 6.92 Å². The minimum absolute atomic E-state index is 0.188. The molecular weight excluding hydrogens is 366 g/mol. The quantitative estimate of drug-likeness (QED) is 0.761. The second kappa shape index (κ2) is 7.98. The van der Waals surface area contributed by atoms with Crippen LogP contribution in [0.1, 0.15) is 45.0 Å². The number of anilines is 1. The highest BCUT2D eigenvalue weighted by atomic mass is 32.2. The van der Waals surface area contributed by atoms with Crippen LogP contribution in [0.2, 0.25) is 0 Å². The second-order valence-corrected chi connectivity index (χ2v) is 9.36. The number of rotatable bonds is 7. The smallest absolute Gasteiger partial charge is 0.251 e. The van der Waals surface area contributed by atoms with Gasteiger partial charge in [-0.3, -0.25) is 14.5 Å². The molecule has 0 bridgehead atoms. The molecule has 0 aromatic heterocycles. The van der Waals surface area contributed by atoms with E-state index in [9.17, 15) is 18.0 Å². The van der Waals surface area contributed by atoms with E-state index in [0.717, 1.165) is 17.4 Å². The van der Waals surface area contributed by atoms with Crippen molar-refractivity contribution in [2.75, 3.05) is 29.7 Å². The van der Waals surface area contributed by atoms with Gasteiger partial charge in [0, 0.05) is 18.2 Å². The zero-order valence-corrected chi connectivity index (χ0v) is 17.5. The Balaban J connectivity index is 2.18. The van der Waals surface area contributed by atoms with Crippen LogP contribution >= 0.6 is 0 Å².